The first kappa shape index (κ1) is 11.9. The third-order valence-electron chi connectivity index (χ3n) is 2.52. The van der Waals surface area contributed by atoms with E-state index in [4.69, 9.17) is 22.7 Å². The largest absolute Gasteiger partial charge is 0.392 e. The Bertz CT molecular complexity index is 181. The molecule has 1 saturated heterocycles. The van der Waals surface area contributed by atoms with E-state index in [2.05, 4.69) is 11.8 Å². The highest BCUT2D eigenvalue weighted by molar-refractivity contribution is 7.80. The number of nitrogens with two attached hydrogens (primary N) is 1. The average Bonchev–Trinajstić information content (AvgIpc) is 2.18. The maximum absolute atomic E-state index is 5.58. The summed E-state index contributed by atoms with van der Waals surface area (Å²) < 4.78 is 5.47. The monoisotopic (exact) mass is 216 g/mol. The van der Waals surface area contributed by atoms with Gasteiger partial charge in [0.15, 0.2) is 0 Å². The lowest BCUT2D eigenvalue weighted by molar-refractivity contribution is 0.0238. The molecule has 2 N–H and O–H groups in total. The van der Waals surface area contributed by atoms with Crippen LogP contribution in [0.15, 0.2) is 0 Å². The van der Waals surface area contributed by atoms with Crippen LogP contribution in [0, 0.1) is 0 Å². The SMILES string of the molecule is CCCN(CC(N)=S)C1CCCOC1. The molecule has 1 unspecified atom stereocenters. The van der Waals surface area contributed by atoms with E-state index >= 15 is 0 Å². The molecule has 3 nitrogen and oxygen atoms in total. The molecule has 1 fully saturated rings. The minimum atomic E-state index is 0.519. The number of hydrogen-bond donors (Lipinski definition) is 1. The first-order valence-electron chi connectivity index (χ1n) is 5.34. The van der Waals surface area contributed by atoms with Crippen LogP contribution in [0.2, 0.25) is 0 Å². The van der Waals surface area contributed by atoms with Gasteiger partial charge in [-0.2, -0.15) is 0 Å². The van der Waals surface area contributed by atoms with Crippen LogP contribution in [0.5, 0.6) is 0 Å². The molecule has 1 heterocycles. The van der Waals surface area contributed by atoms with Gasteiger partial charge in [-0.3, -0.25) is 4.90 Å². The van der Waals surface area contributed by atoms with Crippen molar-refractivity contribution in [3.8, 4) is 0 Å². The number of rotatable bonds is 5. The first-order valence-corrected chi connectivity index (χ1v) is 5.75. The van der Waals surface area contributed by atoms with Crippen molar-refractivity contribution in [1.29, 1.82) is 0 Å². The number of ether oxygens (including phenoxy) is 1. The van der Waals surface area contributed by atoms with Crippen molar-refractivity contribution in [2.24, 2.45) is 5.73 Å². The fourth-order valence-corrected chi connectivity index (χ4v) is 2.06. The molecule has 1 aliphatic heterocycles. The van der Waals surface area contributed by atoms with Crippen LogP contribution >= 0.6 is 12.2 Å². The van der Waals surface area contributed by atoms with Crippen LogP contribution in [0.4, 0.5) is 0 Å². The Morgan fingerprint density at radius 2 is 2.43 bits per heavy atom. The molecule has 0 aromatic carbocycles. The highest BCUT2D eigenvalue weighted by Gasteiger charge is 2.21. The Balaban J connectivity index is 2.42. The van der Waals surface area contributed by atoms with Crippen molar-refractivity contribution in [2.75, 3.05) is 26.3 Å². The Hall–Kier alpha value is -0.190. The maximum Gasteiger partial charge on any atom is 0.0870 e. The van der Waals surface area contributed by atoms with Crippen molar-refractivity contribution >= 4 is 17.2 Å². The van der Waals surface area contributed by atoms with Gasteiger partial charge in [-0.1, -0.05) is 19.1 Å². The van der Waals surface area contributed by atoms with Crippen LogP contribution in [0.1, 0.15) is 26.2 Å². The molecule has 1 rings (SSSR count). The number of hydrogen-bond acceptors (Lipinski definition) is 3. The zero-order valence-electron chi connectivity index (χ0n) is 8.87. The molecule has 14 heavy (non-hydrogen) atoms. The lowest BCUT2D eigenvalue weighted by Gasteiger charge is -2.33. The van der Waals surface area contributed by atoms with Gasteiger partial charge < -0.3 is 10.5 Å². The van der Waals surface area contributed by atoms with E-state index < -0.39 is 0 Å². The second-order valence-corrected chi connectivity index (χ2v) is 4.33. The Kier molecular flexibility index (Phi) is 5.37. The van der Waals surface area contributed by atoms with E-state index in [1.165, 1.54) is 6.42 Å². The molecular formula is C10H20N2OS. The van der Waals surface area contributed by atoms with Crippen LogP contribution in [0.25, 0.3) is 0 Å². The number of thiocarbonyl (C=S) groups is 1. The van der Waals surface area contributed by atoms with Gasteiger partial charge in [-0.05, 0) is 25.8 Å². The molecule has 82 valence electrons. The zero-order chi connectivity index (χ0) is 10.4. The lowest BCUT2D eigenvalue weighted by atomic mass is 10.1. The fraction of sp³-hybridized carbons (Fsp3) is 0.900. The molecule has 4 heteroatoms. The minimum absolute atomic E-state index is 0.519. The van der Waals surface area contributed by atoms with E-state index in [9.17, 15) is 0 Å². The predicted octanol–water partition coefficient (Wildman–Crippen LogP) is 1.16. The normalized spacial score (nSPS) is 22.6. The van der Waals surface area contributed by atoms with Gasteiger partial charge in [-0.15, -0.1) is 0 Å². The quantitative estimate of drug-likeness (QED) is 0.700. The standard InChI is InChI=1S/C10H20N2OS/c1-2-5-12(7-10(11)14)9-4-3-6-13-8-9/h9H,2-8H2,1H3,(H2,11,14). The van der Waals surface area contributed by atoms with Gasteiger partial charge in [0, 0.05) is 19.2 Å². The van der Waals surface area contributed by atoms with Crippen LogP contribution in [-0.4, -0.2) is 42.2 Å². The molecule has 0 saturated carbocycles. The second-order valence-electron chi connectivity index (χ2n) is 3.81. The molecule has 0 amide bonds. The molecular weight excluding hydrogens is 196 g/mol. The number of nitrogens with zero attached hydrogens (tertiary/aromatic N) is 1. The zero-order valence-corrected chi connectivity index (χ0v) is 9.68. The van der Waals surface area contributed by atoms with Crippen LogP contribution < -0.4 is 5.73 Å². The summed E-state index contributed by atoms with van der Waals surface area (Å²) >= 11 is 4.95. The smallest absolute Gasteiger partial charge is 0.0870 e. The Morgan fingerprint density at radius 3 is 2.93 bits per heavy atom. The van der Waals surface area contributed by atoms with E-state index in [-0.39, 0.29) is 0 Å². The highest BCUT2D eigenvalue weighted by atomic mass is 32.1. The third-order valence-corrected chi connectivity index (χ3v) is 2.65. The minimum Gasteiger partial charge on any atom is -0.392 e. The van der Waals surface area contributed by atoms with Crippen molar-refractivity contribution in [3.05, 3.63) is 0 Å². The van der Waals surface area contributed by atoms with Gasteiger partial charge in [0.2, 0.25) is 0 Å². The average molecular weight is 216 g/mol. The van der Waals surface area contributed by atoms with Crippen LogP contribution in [-0.2, 0) is 4.74 Å². The fourth-order valence-electron chi connectivity index (χ4n) is 1.89. The summed E-state index contributed by atoms with van der Waals surface area (Å²) in [6, 6.07) is 0.519. The van der Waals surface area contributed by atoms with Crippen LogP contribution in [0.3, 0.4) is 0 Å². The highest BCUT2D eigenvalue weighted by Crippen LogP contribution is 2.13. The van der Waals surface area contributed by atoms with E-state index in [1.54, 1.807) is 0 Å². The first-order chi connectivity index (χ1) is 6.74. The summed E-state index contributed by atoms with van der Waals surface area (Å²) in [5.41, 5.74) is 5.58. The van der Waals surface area contributed by atoms with E-state index in [1.807, 2.05) is 0 Å². The van der Waals surface area contributed by atoms with E-state index in [0.29, 0.717) is 11.0 Å². The Morgan fingerprint density at radius 1 is 1.64 bits per heavy atom. The van der Waals surface area contributed by atoms with Crippen molar-refractivity contribution in [3.63, 3.8) is 0 Å². The van der Waals surface area contributed by atoms with Gasteiger partial charge in [0.05, 0.1) is 11.6 Å². The topological polar surface area (TPSA) is 38.5 Å². The molecule has 0 aromatic rings. The Labute approximate surface area is 91.6 Å². The molecule has 1 atom stereocenters. The third kappa shape index (κ3) is 3.90. The van der Waals surface area contributed by atoms with Gasteiger partial charge in [0.1, 0.15) is 0 Å². The molecule has 1 aliphatic rings. The molecule has 0 bridgehead atoms. The summed E-state index contributed by atoms with van der Waals surface area (Å²) in [7, 11) is 0. The van der Waals surface area contributed by atoms with Crippen molar-refractivity contribution < 1.29 is 4.74 Å². The molecule has 0 radical (unpaired) electrons. The van der Waals surface area contributed by atoms with Crippen molar-refractivity contribution in [1.82, 2.24) is 4.90 Å². The van der Waals surface area contributed by atoms with Gasteiger partial charge in [0.25, 0.3) is 0 Å². The molecule has 0 spiro atoms. The summed E-state index contributed by atoms with van der Waals surface area (Å²) in [5, 5.41) is 0. The maximum atomic E-state index is 5.58. The summed E-state index contributed by atoms with van der Waals surface area (Å²) in [6.45, 7) is 5.71. The van der Waals surface area contributed by atoms with Gasteiger partial charge in [-0.25, -0.2) is 0 Å². The summed E-state index contributed by atoms with van der Waals surface area (Å²) in [5.74, 6) is 0. The van der Waals surface area contributed by atoms with E-state index in [0.717, 1.165) is 39.1 Å². The molecule has 0 aliphatic carbocycles. The van der Waals surface area contributed by atoms with Crippen molar-refractivity contribution in [2.45, 2.75) is 32.2 Å². The van der Waals surface area contributed by atoms with Gasteiger partial charge >= 0.3 is 0 Å². The second kappa shape index (κ2) is 6.32. The predicted molar refractivity (Wildman–Crippen MR) is 62.5 cm³/mol. The lowest BCUT2D eigenvalue weighted by Crippen LogP contribution is -2.45. The summed E-state index contributed by atoms with van der Waals surface area (Å²) in [4.78, 5) is 2.94. The summed E-state index contributed by atoms with van der Waals surface area (Å²) in [6.07, 6.45) is 3.50. The molecule has 0 aromatic heterocycles.